The maximum atomic E-state index is 12.4. The molecule has 0 spiro atoms. The first-order valence-electron chi connectivity index (χ1n) is 6.55. The second-order valence-electron chi connectivity index (χ2n) is 5.12. The fourth-order valence-electron chi connectivity index (χ4n) is 1.81. The average Bonchev–Trinajstić information content (AvgIpc) is 3.02. The zero-order valence-corrected chi connectivity index (χ0v) is 15.3. The van der Waals surface area contributed by atoms with Crippen LogP contribution < -0.4 is 5.32 Å². The Labute approximate surface area is 140 Å². The number of halogens is 2. The van der Waals surface area contributed by atoms with Crippen LogP contribution in [0.2, 0.25) is 0 Å². The van der Waals surface area contributed by atoms with Crippen LogP contribution in [0.25, 0.3) is 0 Å². The van der Waals surface area contributed by atoms with Gasteiger partial charge in [-0.2, -0.15) is 10.2 Å². The summed E-state index contributed by atoms with van der Waals surface area (Å²) in [6, 6.07) is 0. The summed E-state index contributed by atoms with van der Waals surface area (Å²) in [6.45, 7) is 6.82. The Hall–Kier alpha value is -1.15. The van der Waals surface area contributed by atoms with Gasteiger partial charge in [0.1, 0.15) is 5.54 Å². The summed E-state index contributed by atoms with van der Waals surface area (Å²) in [7, 11) is 0. The summed E-state index contributed by atoms with van der Waals surface area (Å²) >= 11 is 6.78. The lowest BCUT2D eigenvalue weighted by Crippen LogP contribution is -2.44. The van der Waals surface area contributed by atoms with Crippen LogP contribution >= 0.6 is 31.9 Å². The minimum atomic E-state index is -0.772. The van der Waals surface area contributed by atoms with Crippen LogP contribution in [-0.2, 0) is 23.4 Å². The molecule has 0 saturated carbocycles. The first-order valence-corrected chi connectivity index (χ1v) is 8.14. The first-order chi connectivity index (χ1) is 9.84. The molecule has 0 unspecified atom stereocenters. The topological polar surface area (TPSA) is 64.7 Å². The van der Waals surface area contributed by atoms with Gasteiger partial charge in [0.15, 0.2) is 0 Å². The van der Waals surface area contributed by atoms with E-state index < -0.39 is 5.54 Å². The number of amides is 1. The lowest BCUT2D eigenvalue weighted by atomic mass is 10.1. The molecule has 0 aliphatic carbocycles. The summed E-state index contributed by atoms with van der Waals surface area (Å²) < 4.78 is 5.19. The second kappa shape index (κ2) is 6.31. The van der Waals surface area contributed by atoms with E-state index in [0.29, 0.717) is 6.54 Å². The van der Waals surface area contributed by atoms with Crippen molar-refractivity contribution < 1.29 is 4.79 Å². The molecule has 0 aliphatic rings. The number of carbonyl (C=O) groups excluding carboxylic acids is 1. The van der Waals surface area contributed by atoms with Crippen LogP contribution in [0.3, 0.4) is 0 Å². The monoisotopic (exact) mass is 417 g/mol. The quantitative estimate of drug-likeness (QED) is 0.811. The van der Waals surface area contributed by atoms with Crippen LogP contribution in [0.1, 0.15) is 26.5 Å². The van der Waals surface area contributed by atoms with Gasteiger partial charge in [0.25, 0.3) is 0 Å². The Kier molecular flexibility index (Phi) is 4.88. The molecule has 0 fully saturated rings. The van der Waals surface area contributed by atoms with E-state index in [1.54, 1.807) is 17.1 Å². The van der Waals surface area contributed by atoms with E-state index in [0.717, 1.165) is 21.2 Å². The Balaban J connectivity index is 2.05. The summed E-state index contributed by atoms with van der Waals surface area (Å²) in [5.74, 6) is -0.115. The molecule has 8 heteroatoms. The van der Waals surface area contributed by atoms with E-state index in [1.807, 2.05) is 31.6 Å². The van der Waals surface area contributed by atoms with Crippen molar-refractivity contribution in [2.24, 2.45) is 0 Å². The third-order valence-electron chi connectivity index (χ3n) is 3.21. The molecule has 1 amide bonds. The fourth-order valence-corrected chi connectivity index (χ4v) is 2.55. The van der Waals surface area contributed by atoms with Crippen LogP contribution in [0.15, 0.2) is 27.5 Å². The van der Waals surface area contributed by atoms with Gasteiger partial charge in [-0.25, -0.2) is 0 Å². The molecule has 1 N–H and O–H groups in total. The van der Waals surface area contributed by atoms with E-state index in [4.69, 9.17) is 0 Å². The van der Waals surface area contributed by atoms with Crippen LogP contribution in [0.4, 0.5) is 0 Å². The highest BCUT2D eigenvalue weighted by molar-refractivity contribution is 9.10. The van der Waals surface area contributed by atoms with Gasteiger partial charge in [0, 0.05) is 18.9 Å². The number of rotatable bonds is 5. The molecule has 2 heterocycles. The number of nitrogens with zero attached hydrogens (tertiary/aromatic N) is 4. The molecule has 2 rings (SSSR count). The lowest BCUT2D eigenvalue weighted by Gasteiger charge is -2.24. The van der Waals surface area contributed by atoms with E-state index in [2.05, 4.69) is 47.4 Å². The molecule has 6 nitrogen and oxygen atoms in total. The average molecular weight is 419 g/mol. The fraction of sp³-hybridized carbons (Fsp3) is 0.462. The molecule has 0 radical (unpaired) electrons. The molecular weight excluding hydrogens is 402 g/mol. The van der Waals surface area contributed by atoms with Crippen LogP contribution in [0.5, 0.6) is 0 Å². The number of nitrogens with one attached hydrogen (secondary N) is 1. The molecule has 2 aromatic rings. The maximum absolute atomic E-state index is 12.4. The largest absolute Gasteiger partial charge is 0.348 e. The van der Waals surface area contributed by atoms with Gasteiger partial charge in [-0.3, -0.25) is 14.2 Å². The van der Waals surface area contributed by atoms with Gasteiger partial charge in [0.2, 0.25) is 5.91 Å². The van der Waals surface area contributed by atoms with Crippen molar-refractivity contribution >= 4 is 37.8 Å². The third kappa shape index (κ3) is 3.55. The van der Waals surface area contributed by atoms with Gasteiger partial charge >= 0.3 is 0 Å². The minimum absolute atomic E-state index is 0.115. The van der Waals surface area contributed by atoms with Gasteiger partial charge in [-0.15, -0.1) is 0 Å². The van der Waals surface area contributed by atoms with Gasteiger partial charge in [0.05, 0.1) is 27.4 Å². The molecular formula is C13H17Br2N5O. The van der Waals surface area contributed by atoms with Gasteiger partial charge in [-0.1, -0.05) is 0 Å². The van der Waals surface area contributed by atoms with Crippen molar-refractivity contribution in [2.75, 3.05) is 0 Å². The van der Waals surface area contributed by atoms with E-state index >= 15 is 0 Å². The number of aromatic nitrogens is 4. The van der Waals surface area contributed by atoms with Crippen molar-refractivity contribution in [1.29, 1.82) is 0 Å². The highest BCUT2D eigenvalue weighted by Gasteiger charge is 2.30. The predicted octanol–water partition coefficient (Wildman–Crippen LogP) is 2.68. The molecule has 0 atom stereocenters. The molecule has 0 saturated heterocycles. The number of carbonyl (C=O) groups is 1. The van der Waals surface area contributed by atoms with Crippen LogP contribution in [0, 0.1) is 0 Å². The summed E-state index contributed by atoms with van der Waals surface area (Å²) in [5.41, 5.74) is 0.0360. The summed E-state index contributed by atoms with van der Waals surface area (Å²) in [5, 5.41) is 11.5. The van der Waals surface area contributed by atoms with Crippen molar-refractivity contribution in [3.8, 4) is 0 Å². The first kappa shape index (κ1) is 16.2. The zero-order valence-electron chi connectivity index (χ0n) is 12.1. The smallest absolute Gasteiger partial charge is 0.247 e. The number of hydrogen-bond donors (Lipinski definition) is 1. The summed E-state index contributed by atoms with van der Waals surface area (Å²) in [4.78, 5) is 12.4. The second-order valence-corrected chi connectivity index (χ2v) is 6.89. The Morgan fingerprint density at radius 1 is 1.38 bits per heavy atom. The van der Waals surface area contributed by atoms with E-state index in [1.165, 1.54) is 0 Å². The molecule has 0 bridgehead atoms. The van der Waals surface area contributed by atoms with E-state index in [-0.39, 0.29) is 5.91 Å². The summed E-state index contributed by atoms with van der Waals surface area (Å²) in [6.07, 6.45) is 5.34. The van der Waals surface area contributed by atoms with E-state index in [9.17, 15) is 4.79 Å². The predicted molar refractivity (Wildman–Crippen MR) is 86.7 cm³/mol. The SMILES string of the molecule is CCn1cc(Br)c(CNC(=O)C(C)(C)n2cc(Br)cn2)n1. The Morgan fingerprint density at radius 2 is 2.10 bits per heavy atom. The van der Waals surface area contributed by atoms with Gasteiger partial charge < -0.3 is 5.32 Å². The standard InChI is InChI=1S/C13H17Br2N5O/c1-4-19-8-10(15)11(18-19)6-16-12(21)13(2,3)20-7-9(14)5-17-20/h5,7-8H,4,6H2,1-3H3,(H,16,21). The maximum Gasteiger partial charge on any atom is 0.247 e. The number of hydrogen-bond acceptors (Lipinski definition) is 3. The Morgan fingerprint density at radius 3 is 2.62 bits per heavy atom. The normalized spacial score (nSPS) is 11.7. The molecule has 0 aliphatic heterocycles. The Bertz CT molecular complexity index is 647. The van der Waals surface area contributed by atoms with Crippen molar-refractivity contribution in [3.63, 3.8) is 0 Å². The van der Waals surface area contributed by atoms with Crippen LogP contribution in [-0.4, -0.2) is 25.5 Å². The highest BCUT2D eigenvalue weighted by Crippen LogP contribution is 2.19. The molecule has 0 aromatic carbocycles. The van der Waals surface area contributed by atoms with Gasteiger partial charge in [-0.05, 0) is 52.6 Å². The minimum Gasteiger partial charge on any atom is -0.348 e. The van der Waals surface area contributed by atoms with Crippen molar-refractivity contribution in [3.05, 3.63) is 33.2 Å². The van der Waals surface area contributed by atoms with Crippen molar-refractivity contribution in [1.82, 2.24) is 24.9 Å². The zero-order chi connectivity index (χ0) is 15.6. The molecule has 2 aromatic heterocycles. The molecule has 21 heavy (non-hydrogen) atoms. The molecule has 114 valence electrons. The highest BCUT2D eigenvalue weighted by atomic mass is 79.9. The number of aryl methyl sites for hydroxylation is 1. The lowest BCUT2D eigenvalue weighted by molar-refractivity contribution is -0.129. The van der Waals surface area contributed by atoms with Crippen molar-refractivity contribution in [2.45, 2.75) is 39.4 Å². The third-order valence-corrected chi connectivity index (χ3v) is 4.28.